The molecule has 3 aromatic rings. The van der Waals surface area contributed by atoms with E-state index in [0.29, 0.717) is 11.4 Å². The van der Waals surface area contributed by atoms with E-state index >= 15 is 0 Å². The smallest absolute Gasteiger partial charge is 0.244 e. The van der Waals surface area contributed by atoms with E-state index in [2.05, 4.69) is 5.32 Å². The summed E-state index contributed by atoms with van der Waals surface area (Å²) in [5.74, 6) is -0.164. The van der Waals surface area contributed by atoms with Crippen LogP contribution in [0.5, 0.6) is 5.75 Å². The summed E-state index contributed by atoms with van der Waals surface area (Å²) in [6, 6.07) is 22.9. The fourth-order valence-electron chi connectivity index (χ4n) is 4.47. The van der Waals surface area contributed by atoms with Crippen molar-refractivity contribution in [1.82, 2.24) is 10.2 Å². The van der Waals surface area contributed by atoms with Gasteiger partial charge in [-0.1, -0.05) is 68.4 Å². The van der Waals surface area contributed by atoms with Crippen molar-refractivity contribution in [2.75, 3.05) is 24.2 Å². The lowest BCUT2D eigenvalue weighted by Crippen LogP contribution is -2.54. The molecule has 2 amide bonds. The van der Waals surface area contributed by atoms with Crippen molar-refractivity contribution in [3.63, 3.8) is 0 Å². The maximum Gasteiger partial charge on any atom is 0.244 e. The molecule has 0 fully saturated rings. The number of nitrogens with zero attached hydrogens (tertiary/aromatic N) is 2. The summed E-state index contributed by atoms with van der Waals surface area (Å²) in [5, 5.41) is 3.03. The largest absolute Gasteiger partial charge is 0.497 e. The van der Waals surface area contributed by atoms with Crippen molar-refractivity contribution in [1.29, 1.82) is 0 Å². The second kappa shape index (κ2) is 14.7. The standard InChI is InChI=1S/C32H41N3O5S/c1-6-24(3)33-32(37)30(21-26-12-9-8-10-13-26)34(22-27-14-11-15-29(20-27)40-4)31(36)23-35(41(5,38)39)28-18-16-25(7-2)17-19-28/h8-20,24,30H,6-7,21-23H2,1-5H3,(H,33,37)/t24-,30+/m1/s1. The Morgan fingerprint density at radius 1 is 0.902 bits per heavy atom. The molecule has 1 N–H and O–H groups in total. The Labute approximate surface area is 244 Å². The zero-order valence-corrected chi connectivity index (χ0v) is 25.4. The maximum absolute atomic E-state index is 14.2. The van der Waals surface area contributed by atoms with Gasteiger partial charge in [0.25, 0.3) is 0 Å². The normalized spacial score (nSPS) is 12.7. The van der Waals surface area contributed by atoms with Crippen LogP contribution in [0.2, 0.25) is 0 Å². The summed E-state index contributed by atoms with van der Waals surface area (Å²) in [6.45, 7) is 5.55. The zero-order valence-electron chi connectivity index (χ0n) is 24.5. The van der Waals surface area contributed by atoms with Gasteiger partial charge in [0.1, 0.15) is 18.3 Å². The molecule has 0 saturated heterocycles. The highest BCUT2D eigenvalue weighted by molar-refractivity contribution is 7.92. The van der Waals surface area contributed by atoms with E-state index in [1.165, 1.54) is 4.90 Å². The number of methoxy groups -OCH3 is 1. The molecule has 220 valence electrons. The first-order valence-corrected chi connectivity index (χ1v) is 15.7. The van der Waals surface area contributed by atoms with Gasteiger partial charge in [0.05, 0.1) is 19.1 Å². The minimum atomic E-state index is -3.81. The number of rotatable bonds is 14. The van der Waals surface area contributed by atoms with Crippen LogP contribution in [0.1, 0.15) is 43.9 Å². The number of ether oxygens (including phenoxy) is 1. The average molecular weight is 580 g/mol. The highest BCUT2D eigenvalue weighted by atomic mass is 32.2. The van der Waals surface area contributed by atoms with E-state index in [1.54, 1.807) is 25.3 Å². The Hall–Kier alpha value is -3.85. The van der Waals surface area contributed by atoms with Crippen molar-refractivity contribution < 1.29 is 22.7 Å². The second-order valence-electron chi connectivity index (χ2n) is 10.2. The molecule has 0 spiro atoms. The molecule has 0 aromatic heterocycles. The molecule has 0 aliphatic rings. The molecule has 2 atom stereocenters. The second-order valence-corrected chi connectivity index (χ2v) is 12.1. The quantitative estimate of drug-likeness (QED) is 0.302. The van der Waals surface area contributed by atoms with Crippen molar-refractivity contribution >= 4 is 27.5 Å². The Morgan fingerprint density at radius 2 is 1.56 bits per heavy atom. The fourth-order valence-corrected chi connectivity index (χ4v) is 5.32. The zero-order chi connectivity index (χ0) is 30.0. The number of carbonyl (C=O) groups excluding carboxylic acids is 2. The molecule has 41 heavy (non-hydrogen) atoms. The minimum absolute atomic E-state index is 0.0911. The first-order chi connectivity index (χ1) is 19.5. The minimum Gasteiger partial charge on any atom is -0.497 e. The number of nitrogens with one attached hydrogen (secondary N) is 1. The summed E-state index contributed by atoms with van der Waals surface area (Å²) in [5.41, 5.74) is 3.08. The summed E-state index contributed by atoms with van der Waals surface area (Å²) >= 11 is 0. The predicted octanol–water partition coefficient (Wildman–Crippen LogP) is 4.58. The lowest BCUT2D eigenvalue weighted by Gasteiger charge is -2.34. The molecule has 8 nitrogen and oxygen atoms in total. The van der Waals surface area contributed by atoms with Gasteiger partial charge in [-0.25, -0.2) is 8.42 Å². The Morgan fingerprint density at radius 3 is 2.15 bits per heavy atom. The third kappa shape index (κ3) is 9.08. The van der Waals surface area contributed by atoms with Gasteiger partial charge in [0.2, 0.25) is 21.8 Å². The third-order valence-corrected chi connectivity index (χ3v) is 8.21. The van der Waals surface area contributed by atoms with E-state index in [0.717, 1.165) is 40.1 Å². The number of carbonyl (C=O) groups is 2. The first kappa shape index (κ1) is 31.7. The molecule has 0 saturated carbocycles. The summed E-state index contributed by atoms with van der Waals surface area (Å²) < 4.78 is 32.3. The van der Waals surface area contributed by atoms with Crippen LogP contribution in [0.3, 0.4) is 0 Å². The first-order valence-electron chi connectivity index (χ1n) is 13.9. The van der Waals surface area contributed by atoms with Crippen LogP contribution in [0.15, 0.2) is 78.9 Å². The monoisotopic (exact) mass is 579 g/mol. The molecular formula is C32H41N3O5S. The van der Waals surface area contributed by atoms with Crippen LogP contribution < -0.4 is 14.4 Å². The van der Waals surface area contributed by atoms with E-state index in [1.807, 2.05) is 81.4 Å². The highest BCUT2D eigenvalue weighted by Gasteiger charge is 2.33. The molecule has 0 radical (unpaired) electrons. The fraction of sp³-hybridized carbons (Fsp3) is 0.375. The van der Waals surface area contributed by atoms with Crippen LogP contribution in [0.4, 0.5) is 5.69 Å². The molecule has 3 rings (SSSR count). The number of benzene rings is 3. The van der Waals surface area contributed by atoms with Crippen molar-refractivity contribution in [2.24, 2.45) is 0 Å². The molecule has 0 heterocycles. The summed E-state index contributed by atoms with van der Waals surface area (Å²) in [4.78, 5) is 29.4. The summed E-state index contributed by atoms with van der Waals surface area (Å²) in [7, 11) is -2.25. The molecule has 9 heteroatoms. The van der Waals surface area contributed by atoms with Crippen molar-refractivity contribution in [3.8, 4) is 5.75 Å². The number of sulfonamides is 1. The molecule has 0 bridgehead atoms. The van der Waals surface area contributed by atoms with Crippen molar-refractivity contribution in [3.05, 3.63) is 95.6 Å². The highest BCUT2D eigenvalue weighted by Crippen LogP contribution is 2.22. The Kier molecular flexibility index (Phi) is 11.3. The number of hydrogen-bond acceptors (Lipinski definition) is 5. The third-order valence-electron chi connectivity index (χ3n) is 7.07. The molecule has 0 unspecified atom stereocenters. The van der Waals surface area contributed by atoms with Gasteiger partial charge in [0, 0.05) is 19.0 Å². The van der Waals surface area contributed by atoms with Gasteiger partial charge < -0.3 is 15.0 Å². The number of anilines is 1. The van der Waals surface area contributed by atoms with Crippen LogP contribution in [0, 0.1) is 0 Å². The van der Waals surface area contributed by atoms with E-state index in [-0.39, 0.29) is 24.9 Å². The van der Waals surface area contributed by atoms with Gasteiger partial charge in [-0.2, -0.15) is 0 Å². The van der Waals surface area contributed by atoms with E-state index in [9.17, 15) is 18.0 Å². The number of amides is 2. The SMILES string of the molecule is CCc1ccc(N(CC(=O)N(Cc2cccc(OC)c2)[C@@H](Cc2ccccc2)C(=O)N[C@H](C)CC)S(C)(=O)=O)cc1. The lowest BCUT2D eigenvalue weighted by atomic mass is 10.0. The van der Waals surface area contributed by atoms with Crippen LogP contribution >= 0.6 is 0 Å². The number of hydrogen-bond donors (Lipinski definition) is 1. The predicted molar refractivity (Wildman–Crippen MR) is 163 cm³/mol. The molecule has 0 aliphatic heterocycles. The van der Waals surface area contributed by atoms with Crippen molar-refractivity contribution in [2.45, 2.75) is 58.7 Å². The van der Waals surface area contributed by atoms with E-state index < -0.39 is 28.5 Å². The Balaban J connectivity index is 2.06. The van der Waals surface area contributed by atoms with Gasteiger partial charge in [-0.3, -0.25) is 13.9 Å². The average Bonchev–Trinajstić information content (AvgIpc) is 2.97. The van der Waals surface area contributed by atoms with Crippen LogP contribution in [-0.2, 0) is 39.0 Å². The van der Waals surface area contributed by atoms with Crippen LogP contribution in [0.25, 0.3) is 0 Å². The van der Waals surface area contributed by atoms with Gasteiger partial charge in [-0.05, 0) is 60.7 Å². The Bertz CT molecular complexity index is 1390. The summed E-state index contributed by atoms with van der Waals surface area (Å²) in [6.07, 6.45) is 2.88. The number of aryl methyl sites for hydroxylation is 1. The van der Waals surface area contributed by atoms with Gasteiger partial charge >= 0.3 is 0 Å². The van der Waals surface area contributed by atoms with Gasteiger partial charge in [0.15, 0.2) is 0 Å². The topological polar surface area (TPSA) is 96.0 Å². The molecular weight excluding hydrogens is 538 g/mol. The maximum atomic E-state index is 14.2. The lowest BCUT2D eigenvalue weighted by molar-refractivity contribution is -0.140. The molecule has 3 aromatic carbocycles. The van der Waals surface area contributed by atoms with E-state index in [4.69, 9.17) is 4.74 Å². The van der Waals surface area contributed by atoms with Gasteiger partial charge in [-0.15, -0.1) is 0 Å². The van der Waals surface area contributed by atoms with Crippen LogP contribution in [-0.4, -0.2) is 57.1 Å². The molecule has 0 aliphatic carbocycles.